The molecule has 0 heterocycles. The molecule has 0 spiro atoms. The van der Waals surface area contributed by atoms with E-state index in [0.29, 0.717) is 0 Å². The fourth-order valence-corrected chi connectivity index (χ4v) is 10.9. The first-order chi connectivity index (χ1) is 10.9. The molecule has 0 aromatic rings. The highest BCUT2D eigenvalue weighted by molar-refractivity contribution is 8.24. The Bertz CT molecular complexity index is 900. The molecular weight excluding hydrogens is 419 g/mol. The Balaban J connectivity index is 2.63. The largest absolute Gasteiger partial charge is 0.499 e. The molecule has 0 aromatic carbocycles. The topological polar surface area (TPSA) is 102 Å². The Morgan fingerprint density at radius 3 is 1.72 bits per heavy atom. The van der Waals surface area contributed by atoms with Crippen molar-refractivity contribution in [2.45, 2.75) is 27.5 Å². The lowest BCUT2D eigenvalue weighted by Crippen LogP contribution is -2.52. The van der Waals surface area contributed by atoms with E-state index in [1.807, 2.05) is 0 Å². The van der Waals surface area contributed by atoms with Crippen LogP contribution in [0.1, 0.15) is 12.8 Å². The quantitative estimate of drug-likeness (QED) is 0.482. The molecule has 146 valence electrons. The minimum atomic E-state index is -6.95. The summed E-state index contributed by atoms with van der Waals surface area (Å²) < 4.78 is 133. The third kappa shape index (κ3) is 3.09. The third-order valence-corrected chi connectivity index (χ3v) is 12.8. The van der Waals surface area contributed by atoms with Crippen molar-refractivity contribution in [1.82, 2.24) is 0 Å². The molecular formula is C11H13F5O6S3. The summed E-state index contributed by atoms with van der Waals surface area (Å²) in [6, 6.07) is 0. The monoisotopic (exact) mass is 432 g/mol. The fourth-order valence-electron chi connectivity index (χ4n) is 3.24. The van der Waals surface area contributed by atoms with Crippen molar-refractivity contribution in [1.29, 1.82) is 0 Å². The Labute approximate surface area is 140 Å². The lowest BCUT2D eigenvalue weighted by molar-refractivity contribution is -0.0435. The molecule has 1 saturated carbocycles. The zero-order valence-corrected chi connectivity index (χ0v) is 14.9. The molecule has 2 aliphatic rings. The van der Waals surface area contributed by atoms with Crippen LogP contribution >= 0.6 is 0 Å². The number of sulfone groups is 3. The van der Waals surface area contributed by atoms with E-state index in [1.54, 1.807) is 6.08 Å². The molecule has 0 radical (unpaired) electrons. The van der Waals surface area contributed by atoms with Gasteiger partial charge in [-0.25, -0.2) is 25.3 Å². The normalized spacial score (nSPS) is 29.1. The first-order valence-electron chi connectivity index (χ1n) is 6.72. The second-order valence-electron chi connectivity index (χ2n) is 6.10. The second-order valence-corrected chi connectivity index (χ2v) is 13.3. The SMILES string of the molecule is CS(=O)(=O)C(S(=O)(=O)C(F)(F)F)S(=O)(=O)C(F)(F)C1CC2C=CC1C2. The first-order valence-corrected chi connectivity index (χ1v) is 11.8. The second kappa shape index (κ2) is 5.62. The van der Waals surface area contributed by atoms with Gasteiger partial charge in [0.05, 0.1) is 0 Å². The van der Waals surface area contributed by atoms with Crippen LogP contribution in [-0.2, 0) is 29.5 Å². The minimum Gasteiger partial charge on any atom is -0.227 e. The number of hydrogen-bond donors (Lipinski definition) is 0. The Hall–Kier alpha value is -0.760. The summed E-state index contributed by atoms with van der Waals surface area (Å²) in [6.45, 7) is 0. The van der Waals surface area contributed by atoms with Gasteiger partial charge in [0.2, 0.25) is 9.84 Å². The van der Waals surface area contributed by atoms with Crippen molar-refractivity contribution >= 4 is 29.5 Å². The zero-order chi connectivity index (χ0) is 19.6. The van der Waals surface area contributed by atoms with Crippen LogP contribution in [0.2, 0.25) is 0 Å². The number of rotatable bonds is 5. The lowest BCUT2D eigenvalue weighted by atomic mass is 9.94. The van der Waals surface area contributed by atoms with Crippen molar-refractivity contribution in [2.24, 2.45) is 17.8 Å². The number of hydrogen-bond acceptors (Lipinski definition) is 6. The average Bonchev–Trinajstić information content (AvgIpc) is 2.96. The summed E-state index contributed by atoms with van der Waals surface area (Å²) in [5.74, 6) is -3.38. The first kappa shape index (κ1) is 20.6. The van der Waals surface area contributed by atoms with E-state index in [2.05, 4.69) is 0 Å². The molecule has 0 aromatic heterocycles. The van der Waals surface area contributed by atoms with Crippen LogP contribution in [0.15, 0.2) is 12.2 Å². The van der Waals surface area contributed by atoms with E-state index in [9.17, 15) is 47.2 Å². The zero-order valence-electron chi connectivity index (χ0n) is 12.4. The number of allylic oxidation sites excluding steroid dienone is 2. The smallest absolute Gasteiger partial charge is 0.227 e. The maximum absolute atomic E-state index is 14.5. The lowest BCUT2D eigenvalue weighted by Gasteiger charge is -2.30. The van der Waals surface area contributed by atoms with Gasteiger partial charge in [-0.2, -0.15) is 22.0 Å². The maximum Gasteiger partial charge on any atom is 0.499 e. The van der Waals surface area contributed by atoms with E-state index in [0.717, 1.165) is 0 Å². The molecule has 4 unspecified atom stereocenters. The van der Waals surface area contributed by atoms with Crippen LogP contribution in [0.25, 0.3) is 0 Å². The van der Waals surface area contributed by atoms with E-state index < -0.39 is 68.4 Å². The highest BCUT2D eigenvalue weighted by Crippen LogP contribution is 2.53. The Morgan fingerprint density at radius 2 is 1.40 bits per heavy atom. The van der Waals surface area contributed by atoms with Gasteiger partial charge in [0.25, 0.3) is 13.8 Å². The van der Waals surface area contributed by atoms with Gasteiger partial charge in [-0.3, -0.25) is 0 Å². The summed E-state index contributed by atoms with van der Waals surface area (Å²) in [7, 11) is -19.1. The van der Waals surface area contributed by atoms with Crippen molar-refractivity contribution in [3.05, 3.63) is 12.2 Å². The van der Waals surface area contributed by atoms with Gasteiger partial charge in [0, 0.05) is 12.2 Å². The van der Waals surface area contributed by atoms with E-state index in [-0.39, 0.29) is 12.7 Å². The van der Waals surface area contributed by atoms with E-state index in [1.165, 1.54) is 6.08 Å². The average molecular weight is 432 g/mol. The summed E-state index contributed by atoms with van der Waals surface area (Å²) in [5.41, 5.74) is -6.33. The summed E-state index contributed by atoms with van der Waals surface area (Å²) >= 11 is 0. The van der Waals surface area contributed by atoms with Gasteiger partial charge in [0.15, 0.2) is 9.84 Å². The van der Waals surface area contributed by atoms with Gasteiger partial charge < -0.3 is 0 Å². The van der Waals surface area contributed by atoms with Crippen molar-refractivity contribution in [3.8, 4) is 0 Å². The predicted molar refractivity (Wildman–Crippen MR) is 76.3 cm³/mol. The van der Waals surface area contributed by atoms with Gasteiger partial charge in [-0.1, -0.05) is 12.2 Å². The van der Waals surface area contributed by atoms with Crippen LogP contribution in [0.5, 0.6) is 0 Å². The van der Waals surface area contributed by atoms with Crippen LogP contribution in [-0.4, -0.2) is 46.2 Å². The molecule has 14 heteroatoms. The van der Waals surface area contributed by atoms with Crippen LogP contribution < -0.4 is 0 Å². The van der Waals surface area contributed by atoms with Crippen LogP contribution in [0, 0.1) is 17.8 Å². The fraction of sp³-hybridized carbons (Fsp3) is 0.818. The molecule has 25 heavy (non-hydrogen) atoms. The highest BCUT2D eigenvalue weighted by Gasteiger charge is 2.69. The summed E-state index contributed by atoms with van der Waals surface area (Å²) in [4.78, 5) is 0. The Kier molecular flexibility index (Phi) is 4.62. The van der Waals surface area contributed by atoms with E-state index >= 15 is 0 Å². The van der Waals surface area contributed by atoms with Crippen molar-refractivity contribution < 1.29 is 47.2 Å². The maximum atomic E-state index is 14.5. The minimum absolute atomic E-state index is 0.144. The molecule has 2 bridgehead atoms. The molecule has 0 amide bonds. The number of fused-ring (bicyclic) bond motifs is 2. The van der Waals surface area contributed by atoms with Gasteiger partial charge in [-0.05, 0) is 24.7 Å². The van der Waals surface area contributed by atoms with Crippen LogP contribution in [0.3, 0.4) is 0 Å². The standard InChI is InChI=1S/C11H13F5O6S3/c1-23(17,18)9(25(21,22)11(14,15)16)24(19,20)10(12,13)8-5-6-2-3-7(8)4-6/h2-3,6-9H,4-5H2,1H3. The van der Waals surface area contributed by atoms with E-state index in [4.69, 9.17) is 0 Å². The summed E-state index contributed by atoms with van der Waals surface area (Å²) in [5, 5.41) is -4.96. The molecule has 0 saturated heterocycles. The molecule has 2 aliphatic carbocycles. The molecule has 1 fully saturated rings. The van der Waals surface area contributed by atoms with Gasteiger partial charge in [0.1, 0.15) is 0 Å². The van der Waals surface area contributed by atoms with Gasteiger partial charge in [-0.15, -0.1) is 0 Å². The summed E-state index contributed by atoms with van der Waals surface area (Å²) in [6.07, 6.45) is 2.43. The molecule has 2 rings (SSSR count). The molecule has 0 N–H and O–H groups in total. The highest BCUT2D eigenvalue weighted by atomic mass is 32.3. The van der Waals surface area contributed by atoms with Crippen LogP contribution in [0.4, 0.5) is 22.0 Å². The van der Waals surface area contributed by atoms with Crippen molar-refractivity contribution in [3.63, 3.8) is 0 Å². The molecule has 0 aliphatic heterocycles. The number of alkyl halides is 5. The third-order valence-electron chi connectivity index (χ3n) is 4.27. The van der Waals surface area contributed by atoms with Gasteiger partial charge >= 0.3 is 10.8 Å². The number of halogens is 5. The Morgan fingerprint density at radius 1 is 0.880 bits per heavy atom. The van der Waals surface area contributed by atoms with Crippen molar-refractivity contribution in [2.75, 3.05) is 6.26 Å². The molecule has 6 nitrogen and oxygen atoms in total. The molecule has 4 atom stereocenters. The predicted octanol–water partition coefficient (Wildman–Crippen LogP) is 1.47.